The SMILES string of the molecule is Cc1ccc(CN(C(=O)CN(c2cccc([N+](=O)[O-])c2)S(C)(=O)=O)[C@@H](C)C(=O)NC2CCCC2)cc1. The van der Waals surface area contributed by atoms with E-state index in [0.717, 1.165) is 53.4 Å². The Bertz CT molecular complexity index is 1210. The van der Waals surface area contributed by atoms with E-state index in [4.69, 9.17) is 0 Å². The van der Waals surface area contributed by atoms with Gasteiger partial charge in [-0.3, -0.25) is 24.0 Å². The number of carbonyl (C=O) groups is 2. The topological polar surface area (TPSA) is 130 Å². The summed E-state index contributed by atoms with van der Waals surface area (Å²) in [6, 6.07) is 11.8. The van der Waals surface area contributed by atoms with E-state index < -0.39 is 33.4 Å². The van der Waals surface area contributed by atoms with E-state index in [1.807, 2.05) is 31.2 Å². The van der Waals surface area contributed by atoms with Gasteiger partial charge in [-0.15, -0.1) is 0 Å². The summed E-state index contributed by atoms with van der Waals surface area (Å²) < 4.78 is 26.0. The van der Waals surface area contributed by atoms with E-state index in [-0.39, 0.29) is 29.9 Å². The molecule has 1 atom stereocenters. The predicted octanol–water partition coefficient (Wildman–Crippen LogP) is 3.15. The maximum atomic E-state index is 13.6. The molecule has 1 N–H and O–H groups in total. The second-order valence-corrected chi connectivity index (χ2v) is 11.1. The number of hydrogen-bond donors (Lipinski definition) is 1. The Morgan fingerprint density at radius 2 is 1.78 bits per heavy atom. The molecule has 0 aromatic heterocycles. The number of anilines is 1. The number of nitrogens with one attached hydrogen (secondary N) is 1. The van der Waals surface area contributed by atoms with Gasteiger partial charge >= 0.3 is 0 Å². The van der Waals surface area contributed by atoms with Gasteiger partial charge in [0.2, 0.25) is 21.8 Å². The average molecular weight is 517 g/mol. The van der Waals surface area contributed by atoms with Gasteiger partial charge in [-0.2, -0.15) is 0 Å². The lowest BCUT2D eigenvalue weighted by Crippen LogP contribution is -2.52. The van der Waals surface area contributed by atoms with Gasteiger partial charge in [-0.05, 0) is 38.3 Å². The highest BCUT2D eigenvalue weighted by atomic mass is 32.2. The van der Waals surface area contributed by atoms with Crippen LogP contribution in [0.25, 0.3) is 0 Å². The van der Waals surface area contributed by atoms with Crippen molar-refractivity contribution in [2.75, 3.05) is 17.1 Å². The van der Waals surface area contributed by atoms with E-state index in [2.05, 4.69) is 5.32 Å². The molecule has 194 valence electrons. The molecule has 0 bridgehead atoms. The van der Waals surface area contributed by atoms with Crippen molar-refractivity contribution in [3.63, 3.8) is 0 Å². The van der Waals surface area contributed by atoms with Gasteiger partial charge in [0, 0.05) is 24.7 Å². The summed E-state index contributed by atoms with van der Waals surface area (Å²) in [5.74, 6) is -0.898. The maximum Gasteiger partial charge on any atom is 0.271 e. The van der Waals surface area contributed by atoms with Crippen LogP contribution in [-0.4, -0.2) is 54.9 Å². The number of nitro benzene ring substituents is 1. The molecule has 2 aromatic rings. The molecule has 2 amide bonds. The van der Waals surface area contributed by atoms with Crippen LogP contribution in [0, 0.1) is 17.0 Å². The average Bonchev–Trinajstić information content (AvgIpc) is 3.34. The Hall–Kier alpha value is -3.47. The van der Waals surface area contributed by atoms with Crippen molar-refractivity contribution in [1.29, 1.82) is 0 Å². The standard InChI is InChI=1S/C25H32N4O6S/c1-18-11-13-20(14-12-18)16-27(19(2)25(31)26-21-7-4-5-8-21)24(30)17-28(36(3,34)35)22-9-6-10-23(15-22)29(32)33/h6,9-15,19,21H,4-5,7-8,16-17H2,1-3H3,(H,26,31)/t19-/m0/s1. The highest BCUT2D eigenvalue weighted by Crippen LogP contribution is 2.24. The van der Waals surface area contributed by atoms with Gasteiger partial charge in [-0.25, -0.2) is 8.42 Å². The first kappa shape index (κ1) is 27.1. The smallest absolute Gasteiger partial charge is 0.271 e. The maximum absolute atomic E-state index is 13.6. The van der Waals surface area contributed by atoms with Crippen LogP contribution in [-0.2, 0) is 26.2 Å². The number of rotatable bonds is 10. The molecule has 11 heteroatoms. The Kier molecular flexibility index (Phi) is 8.67. The molecule has 1 aliphatic carbocycles. The molecule has 36 heavy (non-hydrogen) atoms. The minimum absolute atomic E-state index is 0.00149. The Morgan fingerprint density at radius 1 is 1.14 bits per heavy atom. The highest BCUT2D eigenvalue weighted by molar-refractivity contribution is 7.92. The van der Waals surface area contributed by atoms with Gasteiger partial charge in [0.05, 0.1) is 16.9 Å². The first-order valence-corrected chi connectivity index (χ1v) is 13.7. The monoisotopic (exact) mass is 516 g/mol. The quantitative estimate of drug-likeness (QED) is 0.381. The fourth-order valence-corrected chi connectivity index (χ4v) is 5.08. The molecule has 10 nitrogen and oxygen atoms in total. The number of nitro groups is 1. The van der Waals surface area contributed by atoms with Crippen LogP contribution < -0.4 is 9.62 Å². The molecular weight excluding hydrogens is 484 g/mol. The molecular formula is C25H32N4O6S. The summed E-state index contributed by atoms with van der Waals surface area (Å²) in [5.41, 5.74) is 1.53. The number of non-ortho nitro benzene ring substituents is 1. The second kappa shape index (κ2) is 11.5. The van der Waals surface area contributed by atoms with Crippen molar-refractivity contribution in [2.45, 2.75) is 58.2 Å². The Balaban J connectivity index is 1.90. The van der Waals surface area contributed by atoms with Crippen molar-refractivity contribution in [2.24, 2.45) is 0 Å². The van der Waals surface area contributed by atoms with Gasteiger partial charge in [0.25, 0.3) is 5.69 Å². The number of hydrogen-bond acceptors (Lipinski definition) is 6. The van der Waals surface area contributed by atoms with E-state index in [1.54, 1.807) is 6.92 Å². The van der Waals surface area contributed by atoms with Crippen molar-refractivity contribution < 1.29 is 22.9 Å². The van der Waals surface area contributed by atoms with Crippen LogP contribution in [0.15, 0.2) is 48.5 Å². The van der Waals surface area contributed by atoms with Gasteiger partial charge in [0.15, 0.2) is 0 Å². The number of amides is 2. The minimum Gasteiger partial charge on any atom is -0.352 e. The summed E-state index contributed by atoms with van der Waals surface area (Å²) in [4.78, 5) is 38.5. The van der Waals surface area contributed by atoms with Gasteiger partial charge < -0.3 is 10.2 Å². The summed E-state index contributed by atoms with van der Waals surface area (Å²) >= 11 is 0. The van der Waals surface area contributed by atoms with Crippen molar-refractivity contribution >= 4 is 33.2 Å². The number of benzene rings is 2. The molecule has 0 aliphatic heterocycles. The highest BCUT2D eigenvalue weighted by Gasteiger charge is 2.31. The zero-order valence-electron chi connectivity index (χ0n) is 20.7. The fraction of sp³-hybridized carbons (Fsp3) is 0.440. The predicted molar refractivity (Wildman–Crippen MR) is 137 cm³/mol. The van der Waals surface area contributed by atoms with Crippen LogP contribution in [0.3, 0.4) is 0 Å². The van der Waals surface area contributed by atoms with Crippen molar-refractivity contribution in [1.82, 2.24) is 10.2 Å². The van der Waals surface area contributed by atoms with E-state index in [1.165, 1.54) is 23.1 Å². The summed E-state index contributed by atoms with van der Waals surface area (Å²) in [6.45, 7) is 3.06. The van der Waals surface area contributed by atoms with Crippen LogP contribution in [0.1, 0.15) is 43.7 Å². The number of carbonyl (C=O) groups excluding carboxylic acids is 2. The van der Waals surface area contributed by atoms with Crippen molar-refractivity contribution in [3.05, 3.63) is 69.8 Å². The molecule has 2 aromatic carbocycles. The summed E-state index contributed by atoms with van der Waals surface area (Å²) in [7, 11) is -3.97. The molecule has 0 saturated heterocycles. The molecule has 1 fully saturated rings. The molecule has 1 aliphatic rings. The molecule has 0 spiro atoms. The van der Waals surface area contributed by atoms with E-state index >= 15 is 0 Å². The lowest BCUT2D eigenvalue weighted by Gasteiger charge is -2.32. The fourth-order valence-electron chi connectivity index (χ4n) is 4.24. The third kappa shape index (κ3) is 7.03. The van der Waals surface area contributed by atoms with Crippen molar-refractivity contribution in [3.8, 4) is 0 Å². The third-order valence-corrected chi connectivity index (χ3v) is 7.49. The minimum atomic E-state index is -3.97. The molecule has 0 unspecified atom stereocenters. The van der Waals surface area contributed by atoms with Gasteiger partial charge in [-0.1, -0.05) is 48.7 Å². The van der Waals surface area contributed by atoms with Crippen LogP contribution >= 0.6 is 0 Å². The zero-order valence-corrected chi connectivity index (χ0v) is 21.5. The van der Waals surface area contributed by atoms with E-state index in [9.17, 15) is 28.1 Å². The molecule has 0 radical (unpaired) electrons. The lowest BCUT2D eigenvalue weighted by molar-refractivity contribution is -0.384. The second-order valence-electron chi connectivity index (χ2n) is 9.22. The van der Waals surface area contributed by atoms with E-state index in [0.29, 0.717) is 0 Å². The Labute approximate surface area is 211 Å². The number of sulfonamides is 1. The largest absolute Gasteiger partial charge is 0.352 e. The summed E-state index contributed by atoms with van der Waals surface area (Å²) in [6.07, 6.45) is 4.79. The lowest BCUT2D eigenvalue weighted by atomic mass is 10.1. The van der Waals surface area contributed by atoms with Gasteiger partial charge in [0.1, 0.15) is 12.6 Å². The van der Waals surface area contributed by atoms with Crippen LogP contribution in [0.2, 0.25) is 0 Å². The normalized spacial score (nSPS) is 14.8. The Morgan fingerprint density at radius 3 is 2.36 bits per heavy atom. The summed E-state index contributed by atoms with van der Waals surface area (Å²) in [5, 5.41) is 14.2. The molecule has 1 saturated carbocycles. The zero-order chi connectivity index (χ0) is 26.5. The first-order valence-electron chi connectivity index (χ1n) is 11.8. The molecule has 0 heterocycles. The number of aryl methyl sites for hydroxylation is 1. The van der Waals surface area contributed by atoms with Crippen LogP contribution in [0.5, 0.6) is 0 Å². The van der Waals surface area contributed by atoms with Crippen LogP contribution in [0.4, 0.5) is 11.4 Å². The molecule has 3 rings (SSSR count). The third-order valence-electron chi connectivity index (χ3n) is 6.35. The first-order chi connectivity index (χ1) is 17.0. The number of nitrogens with zero attached hydrogens (tertiary/aromatic N) is 3.